The summed E-state index contributed by atoms with van der Waals surface area (Å²) < 4.78 is 41.8. The Labute approximate surface area is 109 Å². The number of amides is 1. The fourth-order valence-corrected chi connectivity index (χ4v) is 1.16. The van der Waals surface area contributed by atoms with Crippen LogP contribution >= 0.6 is 0 Å². The van der Waals surface area contributed by atoms with E-state index in [1.165, 1.54) is 0 Å². The highest BCUT2D eigenvalue weighted by Gasteiger charge is 2.39. The molecule has 0 bridgehead atoms. The summed E-state index contributed by atoms with van der Waals surface area (Å²) in [6.45, 7) is 5.52. The maximum Gasteiger partial charge on any atom is 0.408 e. The monoisotopic (exact) mass is 285 g/mol. The topological polar surface area (TPSA) is 75.6 Å². The van der Waals surface area contributed by atoms with Gasteiger partial charge in [0.1, 0.15) is 11.6 Å². The van der Waals surface area contributed by atoms with Crippen molar-refractivity contribution in [1.82, 2.24) is 5.32 Å². The molecular weight excluding hydrogens is 267 g/mol. The Morgan fingerprint density at radius 2 is 1.74 bits per heavy atom. The molecule has 0 rings (SSSR count). The summed E-state index contributed by atoms with van der Waals surface area (Å²) in [4.78, 5) is 22.2. The molecule has 1 amide bonds. The first-order valence-electron chi connectivity index (χ1n) is 5.62. The SMILES string of the molecule is CC(C[C@@H](NC(=O)OC(C)(C)C)C(=O)O)C(F)(F)F. The molecular formula is C11H18F3NO4. The van der Waals surface area contributed by atoms with Gasteiger partial charge in [0, 0.05) is 0 Å². The number of alkyl halides is 3. The third-order valence-corrected chi connectivity index (χ3v) is 2.14. The van der Waals surface area contributed by atoms with Gasteiger partial charge in [-0.05, 0) is 27.2 Å². The van der Waals surface area contributed by atoms with E-state index in [0.717, 1.165) is 6.92 Å². The molecule has 8 heteroatoms. The van der Waals surface area contributed by atoms with Crippen molar-refractivity contribution >= 4 is 12.1 Å². The van der Waals surface area contributed by atoms with Crippen LogP contribution in [0.3, 0.4) is 0 Å². The molecule has 0 aliphatic carbocycles. The number of nitrogens with one attached hydrogen (secondary N) is 1. The minimum atomic E-state index is -4.51. The van der Waals surface area contributed by atoms with Gasteiger partial charge in [0.15, 0.2) is 0 Å². The fraction of sp³-hybridized carbons (Fsp3) is 0.818. The predicted molar refractivity (Wildman–Crippen MR) is 60.6 cm³/mol. The molecule has 19 heavy (non-hydrogen) atoms. The first kappa shape index (κ1) is 17.5. The van der Waals surface area contributed by atoms with E-state index in [2.05, 4.69) is 0 Å². The summed E-state index contributed by atoms with van der Waals surface area (Å²) in [5.41, 5.74) is -0.858. The fourth-order valence-electron chi connectivity index (χ4n) is 1.16. The highest BCUT2D eigenvalue weighted by Crippen LogP contribution is 2.29. The maximum absolute atomic E-state index is 12.3. The van der Waals surface area contributed by atoms with Crippen LogP contribution in [-0.2, 0) is 9.53 Å². The van der Waals surface area contributed by atoms with Gasteiger partial charge >= 0.3 is 18.2 Å². The summed E-state index contributed by atoms with van der Waals surface area (Å²) in [5.74, 6) is -3.38. The third-order valence-electron chi connectivity index (χ3n) is 2.14. The largest absolute Gasteiger partial charge is 0.480 e. The van der Waals surface area contributed by atoms with Crippen molar-refractivity contribution in [2.75, 3.05) is 0 Å². The van der Waals surface area contributed by atoms with Crippen LogP contribution in [0.5, 0.6) is 0 Å². The highest BCUT2D eigenvalue weighted by molar-refractivity contribution is 5.80. The Balaban J connectivity index is 4.60. The van der Waals surface area contributed by atoms with Crippen LogP contribution < -0.4 is 5.32 Å². The van der Waals surface area contributed by atoms with Crippen LogP contribution in [0, 0.1) is 5.92 Å². The van der Waals surface area contributed by atoms with E-state index in [1.54, 1.807) is 20.8 Å². The van der Waals surface area contributed by atoms with Crippen LogP contribution in [-0.4, -0.2) is 35.0 Å². The van der Waals surface area contributed by atoms with E-state index in [4.69, 9.17) is 9.84 Å². The molecule has 0 fully saturated rings. The summed E-state index contributed by atoms with van der Waals surface area (Å²) >= 11 is 0. The lowest BCUT2D eigenvalue weighted by molar-refractivity contribution is -0.174. The minimum absolute atomic E-state index is 0.752. The van der Waals surface area contributed by atoms with Gasteiger partial charge in [-0.1, -0.05) is 6.92 Å². The molecule has 0 aromatic heterocycles. The second kappa shape index (κ2) is 6.12. The second-order valence-corrected chi connectivity index (χ2v) is 5.22. The van der Waals surface area contributed by atoms with E-state index >= 15 is 0 Å². The Hall–Kier alpha value is -1.47. The van der Waals surface area contributed by atoms with Crippen molar-refractivity contribution in [1.29, 1.82) is 0 Å². The molecule has 1 unspecified atom stereocenters. The van der Waals surface area contributed by atoms with Crippen molar-refractivity contribution in [3.8, 4) is 0 Å². The zero-order chi connectivity index (χ0) is 15.4. The number of hydrogen-bond acceptors (Lipinski definition) is 3. The third kappa shape index (κ3) is 7.53. The molecule has 0 aromatic rings. The summed E-state index contributed by atoms with van der Waals surface area (Å²) in [6, 6.07) is -1.65. The number of carboxylic acid groups (broad SMARTS) is 1. The lowest BCUT2D eigenvalue weighted by atomic mass is 10.0. The highest BCUT2D eigenvalue weighted by atomic mass is 19.4. The summed E-state index contributed by atoms with van der Waals surface area (Å²) in [6.07, 6.45) is -6.32. The molecule has 0 spiro atoms. The number of carboxylic acids is 1. The van der Waals surface area contributed by atoms with Gasteiger partial charge in [0.2, 0.25) is 0 Å². The minimum Gasteiger partial charge on any atom is -0.480 e. The van der Waals surface area contributed by atoms with Crippen LogP contribution in [0.2, 0.25) is 0 Å². The number of hydrogen-bond donors (Lipinski definition) is 2. The molecule has 0 aromatic carbocycles. The van der Waals surface area contributed by atoms with Gasteiger partial charge in [0.05, 0.1) is 5.92 Å². The van der Waals surface area contributed by atoms with Crippen LogP contribution in [0.15, 0.2) is 0 Å². The van der Waals surface area contributed by atoms with Gasteiger partial charge < -0.3 is 15.2 Å². The summed E-state index contributed by atoms with van der Waals surface area (Å²) in [7, 11) is 0. The van der Waals surface area contributed by atoms with E-state index < -0.39 is 42.2 Å². The molecule has 0 saturated carbocycles. The van der Waals surface area contributed by atoms with Crippen molar-refractivity contribution in [2.24, 2.45) is 5.92 Å². The molecule has 2 N–H and O–H groups in total. The van der Waals surface area contributed by atoms with E-state index in [0.29, 0.717) is 0 Å². The number of carbonyl (C=O) groups is 2. The molecule has 5 nitrogen and oxygen atoms in total. The van der Waals surface area contributed by atoms with Gasteiger partial charge in [-0.15, -0.1) is 0 Å². The average molecular weight is 285 g/mol. The second-order valence-electron chi connectivity index (χ2n) is 5.22. The summed E-state index contributed by atoms with van der Waals surface area (Å²) in [5, 5.41) is 10.7. The Bertz CT molecular complexity index is 336. The van der Waals surface area contributed by atoms with Gasteiger partial charge in [0.25, 0.3) is 0 Å². The van der Waals surface area contributed by atoms with Gasteiger partial charge in [-0.25, -0.2) is 9.59 Å². The van der Waals surface area contributed by atoms with Crippen molar-refractivity contribution in [3.63, 3.8) is 0 Å². The maximum atomic E-state index is 12.3. The molecule has 0 heterocycles. The zero-order valence-electron chi connectivity index (χ0n) is 11.2. The number of rotatable bonds is 4. The zero-order valence-corrected chi connectivity index (χ0v) is 11.2. The van der Waals surface area contributed by atoms with Crippen LogP contribution in [0.4, 0.5) is 18.0 Å². The number of alkyl carbamates (subject to hydrolysis) is 1. The first-order valence-corrected chi connectivity index (χ1v) is 5.62. The number of halogens is 3. The predicted octanol–water partition coefficient (Wildman–Crippen LogP) is 2.55. The Kier molecular flexibility index (Phi) is 5.64. The quantitative estimate of drug-likeness (QED) is 0.832. The normalized spacial score (nSPS) is 15.5. The van der Waals surface area contributed by atoms with Crippen molar-refractivity contribution in [2.45, 2.75) is 51.9 Å². The van der Waals surface area contributed by atoms with Gasteiger partial charge in [-0.2, -0.15) is 13.2 Å². The molecule has 0 aliphatic rings. The van der Waals surface area contributed by atoms with E-state index in [-0.39, 0.29) is 0 Å². The smallest absolute Gasteiger partial charge is 0.408 e. The van der Waals surface area contributed by atoms with E-state index in [9.17, 15) is 22.8 Å². The van der Waals surface area contributed by atoms with Crippen molar-refractivity contribution in [3.05, 3.63) is 0 Å². The molecule has 0 saturated heterocycles. The van der Waals surface area contributed by atoms with Crippen molar-refractivity contribution < 1.29 is 32.6 Å². The molecule has 112 valence electrons. The number of carbonyl (C=O) groups excluding carboxylic acids is 1. The number of ether oxygens (including phenoxy) is 1. The Morgan fingerprint density at radius 1 is 1.26 bits per heavy atom. The van der Waals surface area contributed by atoms with Crippen LogP contribution in [0.25, 0.3) is 0 Å². The first-order chi connectivity index (χ1) is 8.33. The average Bonchev–Trinajstić information content (AvgIpc) is 2.11. The lowest BCUT2D eigenvalue weighted by Gasteiger charge is -2.24. The molecule has 0 radical (unpaired) electrons. The standard InChI is InChI=1S/C11H18F3NO4/c1-6(11(12,13)14)5-7(8(16)17)15-9(18)19-10(2,3)4/h6-7H,5H2,1-4H3,(H,15,18)(H,16,17)/t6?,7-/m1/s1. The molecule has 2 atom stereocenters. The van der Waals surface area contributed by atoms with Crippen LogP contribution in [0.1, 0.15) is 34.1 Å². The van der Waals surface area contributed by atoms with E-state index in [1.807, 2.05) is 5.32 Å². The number of aliphatic carboxylic acids is 1. The Morgan fingerprint density at radius 3 is 2.05 bits per heavy atom. The van der Waals surface area contributed by atoms with Gasteiger partial charge in [-0.3, -0.25) is 0 Å². The lowest BCUT2D eigenvalue weighted by Crippen LogP contribution is -2.45. The molecule has 0 aliphatic heterocycles.